The van der Waals surface area contributed by atoms with Gasteiger partial charge in [0.1, 0.15) is 7.85 Å². The van der Waals surface area contributed by atoms with Gasteiger partial charge in [0.2, 0.25) is 0 Å². The minimum absolute atomic E-state index is 0.298. The van der Waals surface area contributed by atoms with Crippen molar-refractivity contribution in [3.63, 3.8) is 0 Å². The molecule has 0 N–H and O–H groups in total. The quantitative estimate of drug-likeness (QED) is 0.530. The Morgan fingerprint density at radius 3 is 2.95 bits per heavy atom. The first kappa shape index (κ1) is 13.0. The summed E-state index contributed by atoms with van der Waals surface area (Å²) in [5, 5.41) is 1.08. The Kier molecular flexibility index (Phi) is 2.93. The average Bonchev–Trinajstić information content (AvgIpc) is 2.90. The third kappa shape index (κ3) is 2.15. The highest BCUT2D eigenvalue weighted by molar-refractivity contribution is 6.32. The van der Waals surface area contributed by atoms with E-state index in [1.54, 1.807) is 23.0 Å². The molecule has 0 amide bonds. The van der Waals surface area contributed by atoms with Gasteiger partial charge in [0.05, 0.1) is 5.52 Å². The SMILES string of the molecule is [B]c1cc(F)c2ncc(Cc3ccc4ncccc4c3)n2c1. The minimum Gasteiger partial charge on any atom is -0.302 e. The molecule has 5 heteroatoms. The second-order valence-corrected chi connectivity index (χ2v) is 5.27. The van der Waals surface area contributed by atoms with Crippen LogP contribution in [0.4, 0.5) is 4.39 Å². The lowest BCUT2D eigenvalue weighted by Crippen LogP contribution is -2.08. The third-order valence-corrected chi connectivity index (χ3v) is 3.71. The number of halogens is 1. The number of aromatic nitrogens is 3. The molecule has 3 nitrogen and oxygen atoms in total. The molecule has 1 aromatic carbocycles. The highest BCUT2D eigenvalue weighted by atomic mass is 19.1. The van der Waals surface area contributed by atoms with Crippen molar-refractivity contribution >= 4 is 29.9 Å². The van der Waals surface area contributed by atoms with Gasteiger partial charge in [-0.05, 0) is 29.8 Å². The molecule has 0 fully saturated rings. The van der Waals surface area contributed by atoms with Crippen LogP contribution in [-0.2, 0) is 6.42 Å². The molecular formula is C17H11BFN3. The van der Waals surface area contributed by atoms with Gasteiger partial charge < -0.3 is 4.40 Å². The first-order valence-corrected chi connectivity index (χ1v) is 6.95. The van der Waals surface area contributed by atoms with Gasteiger partial charge in [0.15, 0.2) is 11.5 Å². The lowest BCUT2D eigenvalue weighted by Gasteiger charge is -2.05. The Hall–Kier alpha value is -2.69. The molecule has 0 aliphatic rings. The molecule has 0 aliphatic heterocycles. The second kappa shape index (κ2) is 4.95. The van der Waals surface area contributed by atoms with Gasteiger partial charge >= 0.3 is 0 Å². The van der Waals surface area contributed by atoms with E-state index in [1.165, 1.54) is 6.07 Å². The van der Waals surface area contributed by atoms with E-state index < -0.39 is 5.82 Å². The van der Waals surface area contributed by atoms with E-state index in [2.05, 4.69) is 16.0 Å². The molecule has 0 saturated heterocycles. The molecule has 0 spiro atoms. The molecule has 0 atom stereocenters. The summed E-state index contributed by atoms with van der Waals surface area (Å²) >= 11 is 0. The van der Waals surface area contributed by atoms with Crippen LogP contribution in [0.25, 0.3) is 16.6 Å². The highest BCUT2D eigenvalue weighted by Gasteiger charge is 2.09. The Labute approximate surface area is 127 Å². The van der Waals surface area contributed by atoms with Gasteiger partial charge in [-0.3, -0.25) is 4.98 Å². The predicted molar refractivity (Wildman–Crippen MR) is 85.1 cm³/mol. The topological polar surface area (TPSA) is 30.2 Å². The maximum absolute atomic E-state index is 13.8. The zero-order chi connectivity index (χ0) is 15.1. The largest absolute Gasteiger partial charge is 0.302 e. The molecule has 0 aliphatic carbocycles. The monoisotopic (exact) mass is 287 g/mol. The van der Waals surface area contributed by atoms with Crippen LogP contribution in [0.5, 0.6) is 0 Å². The lowest BCUT2D eigenvalue weighted by molar-refractivity contribution is 0.631. The zero-order valence-corrected chi connectivity index (χ0v) is 11.7. The summed E-state index contributed by atoms with van der Waals surface area (Å²) in [6.45, 7) is 0. The molecule has 4 rings (SSSR count). The molecule has 2 radical (unpaired) electrons. The van der Waals surface area contributed by atoms with E-state index in [4.69, 9.17) is 7.85 Å². The fraction of sp³-hybridized carbons (Fsp3) is 0.0588. The van der Waals surface area contributed by atoms with Crippen LogP contribution >= 0.6 is 0 Å². The van der Waals surface area contributed by atoms with Crippen molar-refractivity contribution in [3.8, 4) is 0 Å². The van der Waals surface area contributed by atoms with Crippen molar-refractivity contribution in [2.45, 2.75) is 6.42 Å². The maximum atomic E-state index is 13.8. The van der Waals surface area contributed by atoms with Crippen molar-refractivity contribution in [2.75, 3.05) is 0 Å². The number of pyridine rings is 2. The van der Waals surface area contributed by atoms with Gasteiger partial charge in [0.25, 0.3) is 0 Å². The van der Waals surface area contributed by atoms with E-state index in [1.807, 2.05) is 24.3 Å². The fourth-order valence-corrected chi connectivity index (χ4v) is 2.69. The van der Waals surface area contributed by atoms with Crippen molar-refractivity contribution < 1.29 is 4.39 Å². The summed E-state index contributed by atoms with van der Waals surface area (Å²) in [5.41, 5.74) is 3.65. The van der Waals surface area contributed by atoms with Crippen molar-refractivity contribution in [1.29, 1.82) is 0 Å². The van der Waals surface area contributed by atoms with Crippen LogP contribution in [0, 0.1) is 5.82 Å². The number of hydrogen-bond acceptors (Lipinski definition) is 2. The van der Waals surface area contributed by atoms with E-state index in [0.717, 1.165) is 22.2 Å². The summed E-state index contributed by atoms with van der Waals surface area (Å²) in [6, 6.07) is 11.3. The Morgan fingerprint density at radius 1 is 1.14 bits per heavy atom. The average molecular weight is 287 g/mol. The zero-order valence-electron chi connectivity index (χ0n) is 11.7. The van der Waals surface area contributed by atoms with Crippen LogP contribution in [0.2, 0.25) is 0 Å². The second-order valence-electron chi connectivity index (χ2n) is 5.27. The Bertz CT molecular complexity index is 994. The van der Waals surface area contributed by atoms with Gasteiger partial charge in [0, 0.05) is 36.1 Å². The predicted octanol–water partition coefficient (Wildman–Crippen LogP) is 2.41. The van der Waals surface area contributed by atoms with Gasteiger partial charge in [-0.15, -0.1) is 0 Å². The molecule has 0 bridgehead atoms. The van der Waals surface area contributed by atoms with Gasteiger partial charge in [-0.25, -0.2) is 9.37 Å². The minimum atomic E-state index is -0.408. The maximum Gasteiger partial charge on any atom is 0.173 e. The molecule has 104 valence electrons. The molecule has 22 heavy (non-hydrogen) atoms. The normalized spacial score (nSPS) is 11.3. The Morgan fingerprint density at radius 2 is 2.05 bits per heavy atom. The summed E-state index contributed by atoms with van der Waals surface area (Å²) in [7, 11) is 5.72. The van der Waals surface area contributed by atoms with E-state index in [-0.39, 0.29) is 0 Å². The molecule has 4 aromatic rings. The van der Waals surface area contributed by atoms with Crippen molar-refractivity contribution in [3.05, 3.63) is 72.1 Å². The molecule has 3 heterocycles. The van der Waals surface area contributed by atoms with Crippen LogP contribution in [0.15, 0.2) is 55.0 Å². The standard InChI is InChI=1S/C17H11BFN3/c18-13-8-15(19)17-21-9-14(22(17)10-13)7-11-3-4-16-12(6-11)2-1-5-20-16/h1-6,8-10H,7H2. The van der Waals surface area contributed by atoms with E-state index in [0.29, 0.717) is 17.5 Å². The van der Waals surface area contributed by atoms with Crippen LogP contribution < -0.4 is 5.46 Å². The molecule has 3 aromatic heterocycles. The number of fused-ring (bicyclic) bond motifs is 2. The van der Waals surface area contributed by atoms with E-state index >= 15 is 0 Å². The number of rotatable bonds is 2. The van der Waals surface area contributed by atoms with Crippen LogP contribution in [0.1, 0.15) is 11.3 Å². The van der Waals surface area contributed by atoms with E-state index in [9.17, 15) is 4.39 Å². The molecule has 0 saturated carbocycles. The number of hydrogen-bond donors (Lipinski definition) is 0. The third-order valence-electron chi connectivity index (χ3n) is 3.71. The van der Waals surface area contributed by atoms with Crippen LogP contribution in [0.3, 0.4) is 0 Å². The van der Waals surface area contributed by atoms with Gasteiger partial charge in [-0.2, -0.15) is 0 Å². The number of imidazole rings is 1. The smallest absolute Gasteiger partial charge is 0.173 e. The van der Waals surface area contributed by atoms with Crippen molar-refractivity contribution in [2.24, 2.45) is 0 Å². The number of nitrogens with zero attached hydrogens (tertiary/aromatic N) is 3. The lowest BCUT2D eigenvalue weighted by atomic mass is 9.99. The molecule has 0 unspecified atom stereocenters. The summed E-state index contributed by atoms with van der Waals surface area (Å²) in [4.78, 5) is 8.45. The first-order chi connectivity index (χ1) is 10.7. The molecular weight excluding hydrogens is 276 g/mol. The van der Waals surface area contributed by atoms with Gasteiger partial charge in [-0.1, -0.05) is 17.6 Å². The Balaban J connectivity index is 1.79. The first-order valence-electron chi connectivity index (χ1n) is 6.95. The number of benzene rings is 1. The van der Waals surface area contributed by atoms with Crippen molar-refractivity contribution in [1.82, 2.24) is 14.4 Å². The highest BCUT2D eigenvalue weighted by Crippen LogP contribution is 2.17. The van der Waals surface area contributed by atoms with Crippen LogP contribution in [-0.4, -0.2) is 22.2 Å². The summed E-state index contributed by atoms with van der Waals surface area (Å²) in [6.07, 6.45) is 5.81. The summed E-state index contributed by atoms with van der Waals surface area (Å²) in [5.74, 6) is -0.408. The fourth-order valence-electron chi connectivity index (χ4n) is 2.69. The summed E-state index contributed by atoms with van der Waals surface area (Å²) < 4.78 is 15.5.